The minimum atomic E-state index is -1.09. The minimum Gasteiger partial charge on any atom is -0.399 e. The van der Waals surface area contributed by atoms with Crippen LogP contribution in [0.2, 0.25) is 0 Å². The molecule has 2 aromatic carbocycles. The van der Waals surface area contributed by atoms with Crippen molar-refractivity contribution >= 4 is 23.5 Å². The number of rotatable bonds is 14. The Hall–Kier alpha value is -3.47. The van der Waals surface area contributed by atoms with Crippen LogP contribution in [-0.4, -0.2) is 101 Å². The molecule has 0 aromatic heterocycles. The largest absolute Gasteiger partial charge is 0.399 e. The molecule has 0 bridgehead atoms. The summed E-state index contributed by atoms with van der Waals surface area (Å²) < 4.78 is 5.22. The first kappa shape index (κ1) is 29.5. The Kier molecular flexibility index (Phi) is 9.78. The number of benzene rings is 2. The van der Waals surface area contributed by atoms with Crippen LogP contribution in [0.5, 0.6) is 0 Å². The number of aliphatic imine (C=N–C) groups is 1. The van der Waals surface area contributed by atoms with Gasteiger partial charge in [0, 0.05) is 52.0 Å². The number of nitrogen functional groups attached to an aromatic ring is 1. The number of nitrogens with two attached hydrogens (primary N) is 1. The second-order valence-electron chi connectivity index (χ2n) is 10.2. The highest BCUT2D eigenvalue weighted by atomic mass is 16.5. The molecule has 216 valence electrons. The number of anilines is 1. The second kappa shape index (κ2) is 13.3. The van der Waals surface area contributed by atoms with E-state index in [9.17, 15) is 14.7 Å². The molecule has 2 aliphatic rings. The number of amidine groups is 1. The van der Waals surface area contributed by atoms with E-state index in [1.54, 1.807) is 12.0 Å². The highest BCUT2D eigenvalue weighted by Crippen LogP contribution is 2.42. The Balaban J connectivity index is 1.81. The summed E-state index contributed by atoms with van der Waals surface area (Å²) in [6.07, 6.45) is 2.01. The zero-order chi connectivity index (χ0) is 28.7. The molecule has 3 amide bonds. The fourth-order valence-corrected chi connectivity index (χ4v) is 5.82. The van der Waals surface area contributed by atoms with Crippen LogP contribution in [0.1, 0.15) is 37.8 Å². The first-order valence-corrected chi connectivity index (χ1v) is 14.1. The Bertz CT molecular complexity index is 1190. The standard InChI is InChI=1S/C30H42N6O4/c1-4-30-27(36(33(5-2)19-20-37)26(32-30)22-23-12-7-6-8-13-23)28(38)34(17-11-21-40-3)29(39)35(30)18-16-24-14-9-10-15-25(24)31/h6-10,12-15,27,37H,4-5,11,16-22,31H2,1-3H3. The highest BCUT2D eigenvalue weighted by Gasteiger charge is 2.62. The van der Waals surface area contributed by atoms with Crippen LogP contribution >= 0.6 is 0 Å². The maximum Gasteiger partial charge on any atom is 0.328 e. The van der Waals surface area contributed by atoms with Gasteiger partial charge in [-0.3, -0.25) is 19.6 Å². The molecule has 2 atom stereocenters. The van der Waals surface area contributed by atoms with Crippen molar-refractivity contribution in [3.8, 4) is 0 Å². The van der Waals surface area contributed by atoms with Gasteiger partial charge in [0.1, 0.15) is 5.84 Å². The molecule has 2 aliphatic heterocycles. The summed E-state index contributed by atoms with van der Waals surface area (Å²) in [4.78, 5) is 36.8. The van der Waals surface area contributed by atoms with Gasteiger partial charge >= 0.3 is 6.03 Å². The molecule has 1 saturated heterocycles. The second-order valence-corrected chi connectivity index (χ2v) is 10.2. The SMILES string of the molecule is CCN(CCO)N1C(Cc2ccccc2)=NC2(CC)C1C(=O)N(CCCOC)C(=O)N2CCc1ccccc1N. The van der Waals surface area contributed by atoms with E-state index >= 15 is 0 Å². The topological polar surface area (TPSA) is 115 Å². The number of para-hydroxylation sites is 1. The molecule has 2 heterocycles. The van der Waals surface area contributed by atoms with Crippen LogP contribution in [0.4, 0.5) is 10.5 Å². The monoisotopic (exact) mass is 550 g/mol. The maximum atomic E-state index is 14.3. The van der Waals surface area contributed by atoms with Gasteiger partial charge in [0.05, 0.1) is 6.61 Å². The number of likely N-dealkylation sites (N-methyl/N-ethyl adjacent to an activating group) is 1. The first-order chi connectivity index (χ1) is 19.4. The van der Waals surface area contributed by atoms with Crippen molar-refractivity contribution in [2.45, 2.75) is 51.2 Å². The number of aliphatic hydroxyl groups excluding tert-OH is 1. The minimum absolute atomic E-state index is 0.0729. The number of ether oxygens (including phenoxy) is 1. The Morgan fingerprint density at radius 1 is 1.07 bits per heavy atom. The number of fused-ring (bicyclic) bond motifs is 1. The lowest BCUT2D eigenvalue weighted by Gasteiger charge is -2.51. The Morgan fingerprint density at radius 3 is 2.45 bits per heavy atom. The predicted molar refractivity (Wildman–Crippen MR) is 155 cm³/mol. The van der Waals surface area contributed by atoms with Crippen LogP contribution in [-0.2, 0) is 22.4 Å². The summed E-state index contributed by atoms with van der Waals surface area (Å²) in [6, 6.07) is 16.5. The summed E-state index contributed by atoms with van der Waals surface area (Å²) >= 11 is 0. The molecule has 1 fully saturated rings. The van der Waals surface area contributed by atoms with E-state index in [0.29, 0.717) is 63.4 Å². The van der Waals surface area contributed by atoms with Crippen molar-refractivity contribution < 1.29 is 19.4 Å². The number of aliphatic hydroxyl groups is 1. The zero-order valence-corrected chi connectivity index (χ0v) is 23.8. The van der Waals surface area contributed by atoms with Crippen LogP contribution < -0.4 is 5.73 Å². The molecule has 40 heavy (non-hydrogen) atoms. The number of hydrogen-bond donors (Lipinski definition) is 2. The van der Waals surface area contributed by atoms with Crippen molar-refractivity contribution in [1.82, 2.24) is 19.8 Å². The number of amides is 3. The Labute approximate surface area is 237 Å². The number of hydrazine groups is 1. The van der Waals surface area contributed by atoms with E-state index in [4.69, 9.17) is 15.5 Å². The molecule has 4 rings (SSSR count). The van der Waals surface area contributed by atoms with E-state index < -0.39 is 11.7 Å². The quantitative estimate of drug-likeness (QED) is 0.275. The molecule has 2 aromatic rings. The first-order valence-electron chi connectivity index (χ1n) is 14.1. The smallest absolute Gasteiger partial charge is 0.328 e. The summed E-state index contributed by atoms with van der Waals surface area (Å²) in [5, 5.41) is 13.8. The molecule has 0 saturated carbocycles. The van der Waals surface area contributed by atoms with Crippen LogP contribution in [0.15, 0.2) is 59.6 Å². The normalized spacial score (nSPS) is 20.9. The van der Waals surface area contributed by atoms with Gasteiger partial charge in [-0.25, -0.2) is 14.8 Å². The van der Waals surface area contributed by atoms with Crippen LogP contribution in [0, 0.1) is 0 Å². The predicted octanol–water partition coefficient (Wildman–Crippen LogP) is 2.77. The third kappa shape index (κ3) is 5.70. The van der Waals surface area contributed by atoms with Crippen molar-refractivity contribution in [2.24, 2.45) is 4.99 Å². The van der Waals surface area contributed by atoms with Crippen LogP contribution in [0.3, 0.4) is 0 Å². The third-order valence-corrected chi connectivity index (χ3v) is 7.84. The average molecular weight is 551 g/mol. The number of methoxy groups -OCH3 is 1. The molecule has 0 spiro atoms. The number of nitrogens with zero attached hydrogens (tertiary/aromatic N) is 5. The maximum absolute atomic E-state index is 14.3. The van der Waals surface area contributed by atoms with Gasteiger partial charge in [-0.05, 0) is 36.5 Å². The lowest BCUT2D eigenvalue weighted by Crippen LogP contribution is -2.74. The van der Waals surface area contributed by atoms with Crippen molar-refractivity contribution in [1.29, 1.82) is 0 Å². The van der Waals surface area contributed by atoms with Gasteiger partial charge in [0.2, 0.25) is 0 Å². The fraction of sp³-hybridized carbons (Fsp3) is 0.500. The van der Waals surface area contributed by atoms with Gasteiger partial charge in [-0.2, -0.15) is 0 Å². The average Bonchev–Trinajstić information content (AvgIpc) is 3.29. The molecule has 10 heteroatoms. The van der Waals surface area contributed by atoms with E-state index in [2.05, 4.69) is 0 Å². The zero-order valence-electron chi connectivity index (χ0n) is 23.8. The van der Waals surface area contributed by atoms with E-state index in [-0.39, 0.29) is 25.1 Å². The number of hydrogen-bond acceptors (Lipinski definition) is 8. The molecule has 10 nitrogen and oxygen atoms in total. The number of urea groups is 1. The molecule has 2 unspecified atom stereocenters. The summed E-state index contributed by atoms with van der Waals surface area (Å²) in [6.45, 7) is 5.85. The molecular weight excluding hydrogens is 508 g/mol. The lowest BCUT2D eigenvalue weighted by atomic mass is 9.91. The van der Waals surface area contributed by atoms with E-state index in [1.807, 2.05) is 78.5 Å². The number of carbonyl (C=O) groups is 2. The van der Waals surface area contributed by atoms with Crippen molar-refractivity contribution in [3.63, 3.8) is 0 Å². The van der Waals surface area contributed by atoms with Gasteiger partial charge in [0.25, 0.3) is 5.91 Å². The number of carbonyl (C=O) groups excluding carboxylic acids is 2. The fourth-order valence-electron chi connectivity index (χ4n) is 5.82. The molecular formula is C30H42N6O4. The van der Waals surface area contributed by atoms with Gasteiger partial charge in [-0.15, -0.1) is 0 Å². The molecule has 3 N–H and O–H groups in total. The summed E-state index contributed by atoms with van der Waals surface area (Å²) in [5.41, 5.74) is 7.82. The van der Waals surface area contributed by atoms with E-state index in [1.165, 1.54) is 4.90 Å². The molecule has 0 radical (unpaired) electrons. The lowest BCUT2D eigenvalue weighted by molar-refractivity contribution is -0.151. The summed E-state index contributed by atoms with van der Waals surface area (Å²) in [5.74, 6) is 0.430. The summed E-state index contributed by atoms with van der Waals surface area (Å²) in [7, 11) is 1.61. The Morgan fingerprint density at radius 2 is 1.80 bits per heavy atom. The molecule has 0 aliphatic carbocycles. The van der Waals surface area contributed by atoms with Crippen molar-refractivity contribution in [2.75, 3.05) is 52.2 Å². The van der Waals surface area contributed by atoms with Crippen molar-refractivity contribution in [3.05, 3.63) is 65.7 Å². The van der Waals surface area contributed by atoms with Crippen LogP contribution in [0.25, 0.3) is 0 Å². The van der Waals surface area contributed by atoms with E-state index in [0.717, 1.165) is 11.1 Å². The van der Waals surface area contributed by atoms with Gasteiger partial charge in [-0.1, -0.05) is 62.4 Å². The highest BCUT2D eigenvalue weighted by molar-refractivity contribution is 6.05. The third-order valence-electron chi connectivity index (χ3n) is 7.84. The number of imide groups is 1. The van der Waals surface area contributed by atoms with Gasteiger partial charge in [0.15, 0.2) is 11.7 Å². The van der Waals surface area contributed by atoms with Gasteiger partial charge < -0.3 is 15.6 Å².